The van der Waals surface area contributed by atoms with E-state index in [2.05, 4.69) is 96.9 Å². The van der Waals surface area contributed by atoms with Gasteiger partial charge in [-0.3, -0.25) is 53.1 Å². The second-order valence-corrected chi connectivity index (χ2v) is 29.7. The molecule has 1 saturated carbocycles. The minimum Gasteiger partial charge on any atom is -0.347 e. The van der Waals surface area contributed by atoms with Gasteiger partial charge in [0.2, 0.25) is 17.7 Å². The van der Waals surface area contributed by atoms with Crippen LogP contribution in [0.3, 0.4) is 0 Å². The molecule has 3 N–H and O–H groups in total. The van der Waals surface area contributed by atoms with E-state index in [4.69, 9.17) is 0 Å². The van der Waals surface area contributed by atoms with Gasteiger partial charge in [-0.25, -0.2) is 0 Å². The average molecular weight is 1420 g/mol. The molecule has 105 heavy (non-hydrogen) atoms. The molecule has 5 aromatic heterocycles. The summed E-state index contributed by atoms with van der Waals surface area (Å²) < 4.78 is 4.50. The molecule has 5 heterocycles. The number of hydrogen-bond acceptors (Lipinski definition) is 11. The molecule has 1 aliphatic rings. The van der Waals surface area contributed by atoms with E-state index in [1.54, 1.807) is 55.4 Å². The molecule has 17 nitrogen and oxygen atoms in total. The standard InChI is InChI=1S/C31H37N3O3.C29H35N3O3.C28H32N2O3/c1-19(2)13-28(34-12-11-24(16-29(34)36)23-9-10-23)31(37)33-27(14-22(5)35)25-15-26(18-32-17-25)30-20(3)7-6-8-21(30)4;1-18(2)12-26(32-11-10-19(3)13-27(32)34)29(35)31-25(14-22(6)33)23-15-24(17-30-16-23)28-20(4)8-7-9-21(28)5;1-19(2)16-26(30-15-8-7-14-27(30)32)28(33)29-25(17-21(4)31)23-12-9-11-22(18-23)24-13-6-5-10-20(24)3/h6-8,11-12,15-19,23,27-28H,9-10,13-14H2,1-5H3,(H,33,37);7-11,13,15-18,25-26H,12,14H2,1-6H3,(H,31,35);5-15,18-19,25-26H,16-17H2,1-4H3,(H,29,33)/t27-,28?;2*25-,26+/m100/s1. The van der Waals surface area contributed by atoms with E-state index >= 15 is 0 Å². The predicted molar refractivity (Wildman–Crippen MR) is 418 cm³/mol. The van der Waals surface area contributed by atoms with Gasteiger partial charge in [-0.15, -0.1) is 0 Å². The predicted octanol–water partition coefficient (Wildman–Crippen LogP) is 16.3. The minimum atomic E-state index is -0.674. The summed E-state index contributed by atoms with van der Waals surface area (Å²) in [6, 6.07) is 40.7. The van der Waals surface area contributed by atoms with Gasteiger partial charge in [0, 0.05) is 92.0 Å². The zero-order valence-electron chi connectivity index (χ0n) is 63.7. The molecule has 0 saturated heterocycles. The number of pyridine rings is 5. The van der Waals surface area contributed by atoms with Gasteiger partial charge >= 0.3 is 0 Å². The molecule has 10 rings (SSSR count). The lowest BCUT2D eigenvalue weighted by molar-refractivity contribution is -0.127. The average Bonchev–Trinajstić information content (AvgIpc) is 1.74. The lowest BCUT2D eigenvalue weighted by Gasteiger charge is -2.25. The zero-order valence-corrected chi connectivity index (χ0v) is 63.7. The Kier molecular flexibility index (Phi) is 28.4. The van der Waals surface area contributed by atoms with Crippen LogP contribution in [0, 0.1) is 59.3 Å². The van der Waals surface area contributed by atoms with Crippen LogP contribution in [0.1, 0.15) is 211 Å². The van der Waals surface area contributed by atoms with Gasteiger partial charge in [-0.05, 0) is 232 Å². The van der Waals surface area contributed by atoms with Crippen LogP contribution < -0.4 is 32.6 Å². The number of benzene rings is 4. The van der Waals surface area contributed by atoms with Gasteiger partial charge in [-0.1, -0.05) is 126 Å². The normalized spacial score (nSPS) is 13.6. The third-order valence-electron chi connectivity index (χ3n) is 19.0. The molecule has 4 aromatic carbocycles. The highest BCUT2D eigenvalue weighted by Crippen LogP contribution is 2.40. The number of aromatic nitrogens is 5. The van der Waals surface area contributed by atoms with Crippen molar-refractivity contribution in [3.05, 3.63) is 270 Å². The van der Waals surface area contributed by atoms with E-state index in [0.717, 1.165) is 102 Å². The summed E-state index contributed by atoms with van der Waals surface area (Å²) >= 11 is 0. The van der Waals surface area contributed by atoms with Crippen molar-refractivity contribution in [2.45, 2.75) is 197 Å². The third-order valence-corrected chi connectivity index (χ3v) is 19.0. The summed E-state index contributed by atoms with van der Waals surface area (Å²) in [6.45, 7) is 28.9. The van der Waals surface area contributed by atoms with Crippen molar-refractivity contribution in [2.75, 3.05) is 0 Å². The Labute approximate surface area is 618 Å². The van der Waals surface area contributed by atoms with Crippen LogP contribution in [-0.2, 0) is 28.8 Å². The van der Waals surface area contributed by atoms with Crippen LogP contribution in [0.4, 0.5) is 0 Å². The highest BCUT2D eigenvalue weighted by molar-refractivity contribution is 5.85. The van der Waals surface area contributed by atoms with Crippen molar-refractivity contribution < 1.29 is 28.8 Å². The molecule has 17 heteroatoms. The van der Waals surface area contributed by atoms with Gasteiger partial charge in [0.15, 0.2) is 0 Å². The maximum absolute atomic E-state index is 13.7. The fourth-order valence-electron chi connectivity index (χ4n) is 13.7. The Hall–Kier alpha value is -10.6. The van der Waals surface area contributed by atoms with Gasteiger partial charge in [0.1, 0.15) is 35.5 Å². The second kappa shape index (κ2) is 37.2. The molecule has 3 amide bonds. The van der Waals surface area contributed by atoms with Crippen molar-refractivity contribution in [3.63, 3.8) is 0 Å². The number of nitrogens with one attached hydrogen (secondary N) is 3. The monoisotopic (exact) mass is 1420 g/mol. The number of nitrogens with zero attached hydrogens (tertiary/aromatic N) is 5. The van der Waals surface area contributed by atoms with Crippen molar-refractivity contribution >= 4 is 35.1 Å². The van der Waals surface area contributed by atoms with Crippen LogP contribution in [0.5, 0.6) is 0 Å². The lowest BCUT2D eigenvalue weighted by atomic mass is 9.94. The molecule has 1 fully saturated rings. The molecular formula is C88H104N8O9. The smallest absolute Gasteiger partial charge is 0.251 e. The molecule has 1 unspecified atom stereocenters. The largest absolute Gasteiger partial charge is 0.347 e. The number of aryl methyl sites for hydroxylation is 6. The molecule has 6 atom stereocenters. The Balaban J connectivity index is 0.000000199. The first-order valence-electron chi connectivity index (χ1n) is 36.6. The van der Waals surface area contributed by atoms with Crippen molar-refractivity contribution in [3.8, 4) is 33.4 Å². The van der Waals surface area contributed by atoms with Crippen LogP contribution >= 0.6 is 0 Å². The van der Waals surface area contributed by atoms with E-state index in [0.29, 0.717) is 25.2 Å². The highest BCUT2D eigenvalue weighted by atomic mass is 16.2. The van der Waals surface area contributed by atoms with Crippen molar-refractivity contribution in [2.24, 2.45) is 17.8 Å². The molecule has 0 bridgehead atoms. The Bertz CT molecular complexity index is 4710. The number of hydrogen-bond donors (Lipinski definition) is 3. The van der Waals surface area contributed by atoms with E-state index in [-0.39, 0.29) is 88.8 Å². The number of Topliss-reactive ketones (excluding diaryl/α,β-unsaturated/α-hetero) is 3. The molecule has 0 aliphatic heterocycles. The zero-order chi connectivity index (χ0) is 76.3. The quantitative estimate of drug-likeness (QED) is 0.0417. The molecule has 9 aromatic rings. The SMILES string of the molecule is CC(=O)C[C@@H](NC(=O)C(CC(C)C)n1ccc(C2CC2)cc1=O)c1cncc(-c2c(C)cccc2C)c1.CC(=O)C[C@H](NC(=O)[C@@H](CC(C)C)n1ccc(C)cc1=O)c1cncc(-c2c(C)cccc2C)c1.CC(=O)C[C@H](NC(=O)[C@@H](CC(C)C)n1ccccc1=O)c1cccc(-c2ccccc2C)c1. The first-order chi connectivity index (χ1) is 50.0. The summed E-state index contributed by atoms with van der Waals surface area (Å²) in [7, 11) is 0. The van der Waals surface area contributed by atoms with E-state index in [1.807, 2.05) is 127 Å². The fourth-order valence-corrected chi connectivity index (χ4v) is 13.7. The third kappa shape index (κ3) is 22.5. The summed E-state index contributed by atoms with van der Waals surface area (Å²) in [5.74, 6) is 0.176. The topological polar surface area (TPSA) is 230 Å². The Morgan fingerprint density at radius 3 is 1.20 bits per heavy atom. The number of carbonyl (C=O) groups excluding carboxylic acids is 6. The molecule has 0 spiro atoms. The number of amides is 3. The fraction of sp³-hybridized carbons (Fsp3) is 0.375. The van der Waals surface area contributed by atoms with Crippen LogP contribution in [-0.4, -0.2) is 58.7 Å². The summed E-state index contributed by atoms with van der Waals surface area (Å²) in [5.41, 5.74) is 15.6. The lowest BCUT2D eigenvalue weighted by Crippen LogP contribution is -2.40. The van der Waals surface area contributed by atoms with Crippen molar-refractivity contribution in [1.29, 1.82) is 0 Å². The van der Waals surface area contributed by atoms with Gasteiger partial charge in [-0.2, -0.15) is 0 Å². The second-order valence-electron chi connectivity index (χ2n) is 29.7. The van der Waals surface area contributed by atoms with E-state index in [9.17, 15) is 43.2 Å². The Morgan fingerprint density at radius 1 is 0.400 bits per heavy atom. The Morgan fingerprint density at radius 2 is 0.790 bits per heavy atom. The van der Waals surface area contributed by atoms with Crippen LogP contribution in [0.2, 0.25) is 0 Å². The highest BCUT2D eigenvalue weighted by Gasteiger charge is 2.32. The van der Waals surface area contributed by atoms with Crippen molar-refractivity contribution in [1.82, 2.24) is 39.6 Å². The maximum Gasteiger partial charge on any atom is 0.251 e. The van der Waals surface area contributed by atoms with Gasteiger partial charge in [0.25, 0.3) is 16.7 Å². The minimum absolute atomic E-state index is 0.0149. The molecular weight excluding hydrogens is 1310 g/mol. The summed E-state index contributed by atoms with van der Waals surface area (Å²) in [4.78, 5) is 124. The number of carbonyl (C=O) groups is 6. The molecule has 1 aliphatic carbocycles. The molecule has 0 radical (unpaired) electrons. The van der Waals surface area contributed by atoms with Gasteiger partial charge < -0.3 is 29.7 Å². The van der Waals surface area contributed by atoms with Crippen LogP contribution in [0.15, 0.2) is 197 Å². The number of ketones is 3. The first-order valence-corrected chi connectivity index (χ1v) is 36.6. The summed E-state index contributed by atoms with van der Waals surface area (Å²) in [5, 5.41) is 9.22. The maximum atomic E-state index is 13.7. The summed E-state index contributed by atoms with van der Waals surface area (Å²) in [6.07, 6.45) is 16.3. The van der Waals surface area contributed by atoms with E-state index < -0.39 is 36.3 Å². The van der Waals surface area contributed by atoms with E-state index in [1.165, 1.54) is 46.6 Å². The number of rotatable bonds is 28. The van der Waals surface area contributed by atoms with Crippen LogP contribution in [0.25, 0.3) is 33.4 Å². The van der Waals surface area contributed by atoms with Gasteiger partial charge in [0.05, 0.1) is 18.1 Å². The first kappa shape index (κ1) is 80.1. The molecule has 550 valence electrons.